The molecule has 10 nitrogen and oxygen atoms in total. The number of nitrogens with one attached hydrogen (secondary N) is 2. The van der Waals surface area contributed by atoms with E-state index in [4.69, 9.17) is 13.9 Å². The maximum atomic E-state index is 12.2. The molecule has 0 spiro atoms. The molecule has 10 heteroatoms. The van der Waals surface area contributed by atoms with Crippen molar-refractivity contribution >= 4 is 28.9 Å². The smallest absolute Gasteiger partial charge is 0.291 e. The van der Waals surface area contributed by atoms with Crippen LogP contribution in [-0.4, -0.2) is 30.5 Å². The van der Waals surface area contributed by atoms with Crippen molar-refractivity contribution in [1.82, 2.24) is 0 Å². The number of hydrogen-bond acceptors (Lipinski definition) is 7. The van der Waals surface area contributed by atoms with Crippen LogP contribution in [0.5, 0.6) is 11.5 Å². The molecule has 2 amide bonds. The molecule has 0 atom stereocenters. The minimum Gasteiger partial charge on any atom is -0.495 e. The number of hydrogen-bond donors (Lipinski definition) is 2. The molecule has 2 N–H and O–H groups in total. The summed E-state index contributed by atoms with van der Waals surface area (Å²) in [6, 6.07) is 13.2. The first-order valence-electron chi connectivity index (χ1n) is 8.66. The van der Waals surface area contributed by atoms with E-state index in [9.17, 15) is 19.7 Å². The number of furan rings is 1. The molecule has 2 aromatic carbocycles. The Morgan fingerprint density at radius 2 is 1.87 bits per heavy atom. The molecule has 0 aliphatic heterocycles. The van der Waals surface area contributed by atoms with Crippen LogP contribution in [0.15, 0.2) is 65.3 Å². The van der Waals surface area contributed by atoms with Crippen molar-refractivity contribution in [3.63, 3.8) is 0 Å². The van der Waals surface area contributed by atoms with E-state index >= 15 is 0 Å². The molecule has 3 rings (SSSR count). The lowest BCUT2D eigenvalue weighted by atomic mass is 10.2. The standard InChI is InChI=1S/C20H17N3O7/c1-28-17-9-4-13(21-20(25)18-3-2-10-29-18)11-16(17)22-19(24)12-30-15-7-5-14(6-8-15)23(26)27/h2-11H,12H2,1H3,(H,21,25)(H,22,24). The van der Waals surface area contributed by atoms with Crippen LogP contribution in [0.4, 0.5) is 17.1 Å². The Bertz CT molecular complexity index is 1050. The van der Waals surface area contributed by atoms with Crippen molar-refractivity contribution in [1.29, 1.82) is 0 Å². The zero-order valence-corrected chi connectivity index (χ0v) is 15.8. The molecule has 0 saturated heterocycles. The summed E-state index contributed by atoms with van der Waals surface area (Å²) in [4.78, 5) is 34.5. The molecule has 0 aliphatic rings. The van der Waals surface area contributed by atoms with E-state index < -0.39 is 16.7 Å². The second-order valence-corrected chi connectivity index (χ2v) is 5.93. The molecular weight excluding hydrogens is 394 g/mol. The molecule has 0 bridgehead atoms. The number of carbonyl (C=O) groups is 2. The first-order valence-corrected chi connectivity index (χ1v) is 8.66. The minimum atomic E-state index is -0.527. The summed E-state index contributed by atoms with van der Waals surface area (Å²) in [6.07, 6.45) is 1.39. The van der Waals surface area contributed by atoms with Crippen molar-refractivity contribution in [2.75, 3.05) is 24.4 Å². The fourth-order valence-corrected chi connectivity index (χ4v) is 2.48. The van der Waals surface area contributed by atoms with Crippen molar-refractivity contribution in [3.05, 3.63) is 76.7 Å². The topological polar surface area (TPSA) is 133 Å². The quantitative estimate of drug-likeness (QED) is 0.428. The second-order valence-electron chi connectivity index (χ2n) is 5.93. The molecular formula is C20H17N3O7. The van der Waals surface area contributed by atoms with Gasteiger partial charge in [0.2, 0.25) is 0 Å². The van der Waals surface area contributed by atoms with Gasteiger partial charge >= 0.3 is 0 Å². The van der Waals surface area contributed by atoms with Crippen LogP contribution in [0.3, 0.4) is 0 Å². The van der Waals surface area contributed by atoms with Gasteiger partial charge in [-0.25, -0.2) is 0 Å². The van der Waals surface area contributed by atoms with Gasteiger partial charge in [-0.1, -0.05) is 0 Å². The van der Waals surface area contributed by atoms with Gasteiger partial charge in [0, 0.05) is 17.8 Å². The van der Waals surface area contributed by atoms with Gasteiger partial charge < -0.3 is 24.5 Å². The van der Waals surface area contributed by atoms with Crippen LogP contribution in [0.1, 0.15) is 10.6 Å². The Balaban J connectivity index is 1.63. The van der Waals surface area contributed by atoms with E-state index in [1.54, 1.807) is 18.2 Å². The van der Waals surface area contributed by atoms with Crippen molar-refractivity contribution in [2.45, 2.75) is 0 Å². The predicted octanol–water partition coefficient (Wildman–Crippen LogP) is 3.47. The highest BCUT2D eigenvalue weighted by molar-refractivity contribution is 6.03. The fourth-order valence-electron chi connectivity index (χ4n) is 2.48. The molecule has 3 aromatic rings. The van der Waals surface area contributed by atoms with E-state index in [0.717, 1.165) is 0 Å². The van der Waals surface area contributed by atoms with Crippen molar-refractivity contribution in [2.24, 2.45) is 0 Å². The number of nitrogens with zero attached hydrogens (tertiary/aromatic N) is 1. The number of benzene rings is 2. The fraction of sp³-hybridized carbons (Fsp3) is 0.100. The Kier molecular flexibility index (Phi) is 6.28. The highest BCUT2D eigenvalue weighted by Gasteiger charge is 2.13. The van der Waals surface area contributed by atoms with E-state index in [-0.39, 0.29) is 18.1 Å². The van der Waals surface area contributed by atoms with Gasteiger partial charge in [-0.05, 0) is 42.5 Å². The minimum absolute atomic E-state index is 0.0788. The molecule has 0 radical (unpaired) electrons. The van der Waals surface area contributed by atoms with Gasteiger partial charge in [-0.3, -0.25) is 19.7 Å². The third-order valence-corrected chi connectivity index (χ3v) is 3.89. The van der Waals surface area contributed by atoms with Gasteiger partial charge in [-0.2, -0.15) is 0 Å². The van der Waals surface area contributed by atoms with Crippen LogP contribution in [0.25, 0.3) is 0 Å². The summed E-state index contributed by atoms with van der Waals surface area (Å²) in [5, 5.41) is 16.0. The summed E-state index contributed by atoms with van der Waals surface area (Å²) in [5.41, 5.74) is 0.667. The monoisotopic (exact) mass is 411 g/mol. The average Bonchev–Trinajstić information content (AvgIpc) is 3.28. The highest BCUT2D eigenvalue weighted by Crippen LogP contribution is 2.28. The van der Waals surface area contributed by atoms with Crippen LogP contribution < -0.4 is 20.1 Å². The molecule has 0 fully saturated rings. The van der Waals surface area contributed by atoms with Crippen LogP contribution in [0, 0.1) is 10.1 Å². The summed E-state index contributed by atoms with van der Waals surface area (Å²) < 4.78 is 15.6. The van der Waals surface area contributed by atoms with Crippen LogP contribution >= 0.6 is 0 Å². The highest BCUT2D eigenvalue weighted by atomic mass is 16.6. The number of methoxy groups -OCH3 is 1. The normalized spacial score (nSPS) is 10.2. The van der Waals surface area contributed by atoms with E-state index in [2.05, 4.69) is 10.6 Å². The lowest BCUT2D eigenvalue weighted by Crippen LogP contribution is -2.20. The SMILES string of the molecule is COc1ccc(NC(=O)c2ccco2)cc1NC(=O)COc1ccc([N+](=O)[O-])cc1. The number of rotatable bonds is 8. The predicted molar refractivity (Wildman–Crippen MR) is 107 cm³/mol. The maximum absolute atomic E-state index is 12.2. The summed E-state index contributed by atoms with van der Waals surface area (Å²) in [5.74, 6) is -0.0881. The summed E-state index contributed by atoms with van der Waals surface area (Å²) >= 11 is 0. The third-order valence-electron chi connectivity index (χ3n) is 3.89. The molecule has 0 aliphatic carbocycles. The lowest BCUT2D eigenvalue weighted by Gasteiger charge is -2.13. The molecule has 0 saturated carbocycles. The van der Waals surface area contributed by atoms with Gasteiger partial charge in [0.15, 0.2) is 12.4 Å². The molecule has 30 heavy (non-hydrogen) atoms. The number of nitro benzene ring substituents is 1. The van der Waals surface area contributed by atoms with Gasteiger partial charge in [0.05, 0.1) is 24.0 Å². The summed E-state index contributed by atoms with van der Waals surface area (Å²) in [7, 11) is 1.44. The van der Waals surface area contributed by atoms with E-state index in [0.29, 0.717) is 22.9 Å². The van der Waals surface area contributed by atoms with Crippen LogP contribution in [0.2, 0.25) is 0 Å². The second kappa shape index (κ2) is 9.24. The number of carbonyl (C=O) groups excluding carboxylic acids is 2. The number of anilines is 2. The Morgan fingerprint density at radius 3 is 2.50 bits per heavy atom. The van der Waals surface area contributed by atoms with E-state index in [1.807, 2.05) is 0 Å². The number of amides is 2. The largest absolute Gasteiger partial charge is 0.495 e. The van der Waals surface area contributed by atoms with E-state index in [1.165, 1.54) is 49.8 Å². The number of non-ortho nitro benzene ring substituents is 1. The Labute approximate surface area is 170 Å². The maximum Gasteiger partial charge on any atom is 0.291 e. The van der Waals surface area contributed by atoms with Crippen molar-refractivity contribution in [3.8, 4) is 11.5 Å². The molecule has 0 unspecified atom stereocenters. The van der Waals surface area contributed by atoms with Gasteiger partial charge in [0.1, 0.15) is 11.5 Å². The first kappa shape index (κ1) is 20.4. The average molecular weight is 411 g/mol. The Morgan fingerprint density at radius 1 is 1.10 bits per heavy atom. The van der Waals surface area contributed by atoms with Crippen LogP contribution in [-0.2, 0) is 4.79 Å². The number of nitro groups is 1. The molecule has 154 valence electrons. The molecule has 1 heterocycles. The lowest BCUT2D eigenvalue weighted by molar-refractivity contribution is -0.384. The van der Waals surface area contributed by atoms with Gasteiger partial charge in [-0.15, -0.1) is 0 Å². The zero-order valence-electron chi connectivity index (χ0n) is 15.8. The molecule has 1 aromatic heterocycles. The van der Waals surface area contributed by atoms with Crippen molar-refractivity contribution < 1.29 is 28.4 Å². The number of ether oxygens (including phenoxy) is 2. The third kappa shape index (κ3) is 5.13. The van der Waals surface area contributed by atoms with Gasteiger partial charge in [0.25, 0.3) is 17.5 Å². The zero-order chi connectivity index (χ0) is 21.5. The first-order chi connectivity index (χ1) is 14.5. The summed E-state index contributed by atoms with van der Waals surface area (Å²) in [6.45, 7) is -0.329. The Hall–Kier alpha value is -4.34.